The smallest absolute Gasteiger partial charge is 0.308 e. The monoisotopic (exact) mass is 400 g/mol. The van der Waals surface area contributed by atoms with E-state index in [9.17, 15) is 19.7 Å². The van der Waals surface area contributed by atoms with Gasteiger partial charge in [-0.3, -0.25) is 24.7 Å². The van der Waals surface area contributed by atoms with E-state index in [1.165, 1.54) is 33.4 Å². The molecule has 150 valence electrons. The molecule has 0 fully saturated rings. The number of hydrogen-bond acceptors (Lipinski definition) is 9. The van der Waals surface area contributed by atoms with Gasteiger partial charge in [0.25, 0.3) is 5.69 Å². The molecule has 29 heavy (non-hydrogen) atoms. The highest BCUT2D eigenvalue weighted by Gasteiger charge is 2.36. The second-order valence-electron chi connectivity index (χ2n) is 5.89. The van der Waals surface area contributed by atoms with Gasteiger partial charge in [0.15, 0.2) is 11.5 Å². The Bertz CT molecular complexity index is 1010. The normalized spacial score (nSPS) is 15.3. The predicted molar refractivity (Wildman–Crippen MR) is 98.1 cm³/mol. The molecule has 11 nitrogen and oxygen atoms in total. The number of esters is 1. The first-order valence-corrected chi connectivity index (χ1v) is 8.32. The topological polar surface area (TPSA) is 133 Å². The van der Waals surface area contributed by atoms with Crippen molar-refractivity contribution in [2.45, 2.75) is 20.1 Å². The fourth-order valence-corrected chi connectivity index (χ4v) is 2.67. The van der Waals surface area contributed by atoms with E-state index in [-0.39, 0.29) is 28.6 Å². The summed E-state index contributed by atoms with van der Waals surface area (Å²) in [5, 5.41) is 16.5. The average molecular weight is 400 g/mol. The maximum Gasteiger partial charge on any atom is 0.308 e. The van der Waals surface area contributed by atoms with Gasteiger partial charge in [-0.15, -0.1) is 5.10 Å². The number of non-ortho nitro benzene ring substituents is 1. The van der Waals surface area contributed by atoms with Gasteiger partial charge in [0.1, 0.15) is 0 Å². The number of nitro benzene ring substituents is 1. The molecule has 0 radical (unpaired) electrons. The van der Waals surface area contributed by atoms with Crippen molar-refractivity contribution in [3.8, 4) is 11.5 Å². The molecular weight excluding hydrogens is 384 g/mol. The van der Waals surface area contributed by atoms with Gasteiger partial charge in [0, 0.05) is 37.9 Å². The highest BCUT2D eigenvalue weighted by Crippen LogP contribution is 2.39. The zero-order valence-corrected chi connectivity index (χ0v) is 15.7. The summed E-state index contributed by atoms with van der Waals surface area (Å²) in [5.41, 5.74) is 0.246. The van der Waals surface area contributed by atoms with Crippen LogP contribution in [-0.2, 0) is 14.3 Å². The summed E-state index contributed by atoms with van der Waals surface area (Å²) in [6.07, 6.45) is 2.13. The van der Waals surface area contributed by atoms with Crippen LogP contribution in [0.3, 0.4) is 0 Å². The van der Waals surface area contributed by atoms with Gasteiger partial charge in [-0.1, -0.05) is 0 Å². The van der Waals surface area contributed by atoms with Gasteiger partial charge in [0.05, 0.1) is 23.7 Å². The van der Waals surface area contributed by atoms with Crippen molar-refractivity contribution in [2.75, 3.05) is 7.11 Å². The number of amides is 1. The first-order valence-electron chi connectivity index (χ1n) is 8.32. The van der Waals surface area contributed by atoms with E-state index >= 15 is 0 Å². The van der Waals surface area contributed by atoms with Crippen molar-refractivity contribution in [2.24, 2.45) is 5.10 Å². The minimum atomic E-state index is -0.916. The summed E-state index contributed by atoms with van der Waals surface area (Å²) in [6.45, 7) is 2.47. The number of benzene rings is 1. The molecule has 0 aliphatic carbocycles. The number of aromatic nitrogens is 1. The highest BCUT2D eigenvalue weighted by atomic mass is 16.6. The summed E-state index contributed by atoms with van der Waals surface area (Å²) in [6, 6.07) is 5.52. The summed E-state index contributed by atoms with van der Waals surface area (Å²) in [7, 11) is 1.27. The van der Waals surface area contributed by atoms with E-state index in [0.717, 1.165) is 17.1 Å². The molecule has 0 N–H and O–H groups in total. The summed E-state index contributed by atoms with van der Waals surface area (Å²) >= 11 is 0. The minimum absolute atomic E-state index is 0.00550. The maximum atomic E-state index is 12.1. The lowest BCUT2D eigenvalue weighted by molar-refractivity contribution is -0.385. The average Bonchev–Trinajstić information content (AvgIpc) is 3.13. The van der Waals surface area contributed by atoms with Crippen molar-refractivity contribution in [1.29, 1.82) is 0 Å². The third-order valence-electron chi connectivity index (χ3n) is 3.90. The molecule has 1 aliphatic rings. The Kier molecular flexibility index (Phi) is 5.39. The standard InChI is InChI=1S/C18H16N4O7/c1-10(23)21-18(12-4-6-19-7-5-12)29-17(20-21)14-8-13(22(25)26)9-15(27-3)16(14)28-11(2)24/h4-9,18H,1-3H3/t18-/m1/s1. The lowest BCUT2D eigenvalue weighted by atomic mass is 10.1. The molecule has 1 aromatic heterocycles. The van der Waals surface area contributed by atoms with Crippen molar-refractivity contribution in [1.82, 2.24) is 9.99 Å². The number of carbonyl (C=O) groups is 2. The molecule has 0 saturated carbocycles. The van der Waals surface area contributed by atoms with Crippen LogP contribution in [0.15, 0.2) is 41.8 Å². The summed E-state index contributed by atoms with van der Waals surface area (Å²) in [4.78, 5) is 38.2. The van der Waals surface area contributed by atoms with Gasteiger partial charge < -0.3 is 14.2 Å². The van der Waals surface area contributed by atoms with Crippen LogP contribution in [-0.4, -0.2) is 39.8 Å². The zero-order chi connectivity index (χ0) is 21.1. The van der Waals surface area contributed by atoms with Crippen molar-refractivity contribution < 1.29 is 28.7 Å². The number of hydrogen-bond donors (Lipinski definition) is 0. The number of pyridine rings is 1. The van der Waals surface area contributed by atoms with Gasteiger partial charge in [0.2, 0.25) is 18.0 Å². The number of carbonyl (C=O) groups excluding carboxylic acids is 2. The number of rotatable bonds is 5. The summed E-state index contributed by atoms with van der Waals surface area (Å²) < 4.78 is 16.2. The van der Waals surface area contributed by atoms with E-state index in [2.05, 4.69) is 10.1 Å². The molecule has 1 atom stereocenters. The molecule has 0 saturated heterocycles. The fraction of sp³-hybridized carbons (Fsp3) is 0.222. The number of methoxy groups -OCH3 is 1. The van der Waals surface area contributed by atoms with Crippen LogP contribution in [0.5, 0.6) is 11.5 Å². The Morgan fingerprint density at radius 1 is 1.24 bits per heavy atom. The Balaban J connectivity index is 2.14. The van der Waals surface area contributed by atoms with Crippen LogP contribution in [0.25, 0.3) is 0 Å². The van der Waals surface area contributed by atoms with Crippen LogP contribution >= 0.6 is 0 Å². The molecule has 0 unspecified atom stereocenters. The number of hydrazone groups is 1. The second kappa shape index (κ2) is 7.92. The first kappa shape index (κ1) is 19.7. The Labute approximate surface area is 164 Å². The fourth-order valence-electron chi connectivity index (χ4n) is 2.67. The SMILES string of the molecule is COc1cc([N+](=O)[O-])cc(C2=NN(C(C)=O)[C@@H](c3ccncc3)O2)c1OC(C)=O. The van der Waals surface area contributed by atoms with E-state index in [0.29, 0.717) is 5.56 Å². The molecular formula is C18H16N4O7. The third-order valence-corrected chi connectivity index (χ3v) is 3.90. The van der Waals surface area contributed by atoms with Crippen molar-refractivity contribution in [3.63, 3.8) is 0 Å². The largest absolute Gasteiger partial charge is 0.493 e. The molecule has 0 bridgehead atoms. The van der Waals surface area contributed by atoms with Crippen molar-refractivity contribution >= 4 is 23.5 Å². The van der Waals surface area contributed by atoms with E-state index in [1.54, 1.807) is 12.1 Å². The van der Waals surface area contributed by atoms with Crippen LogP contribution in [0.2, 0.25) is 0 Å². The maximum absolute atomic E-state index is 12.1. The van der Waals surface area contributed by atoms with Gasteiger partial charge in [-0.25, -0.2) is 0 Å². The molecule has 11 heteroatoms. The first-order chi connectivity index (χ1) is 13.8. The number of ether oxygens (including phenoxy) is 3. The van der Waals surface area contributed by atoms with Gasteiger partial charge >= 0.3 is 5.97 Å². The molecule has 2 aromatic rings. The lowest BCUT2D eigenvalue weighted by Crippen LogP contribution is -2.25. The predicted octanol–water partition coefficient (Wildman–Crippen LogP) is 2.16. The Morgan fingerprint density at radius 2 is 1.93 bits per heavy atom. The number of nitrogens with zero attached hydrogens (tertiary/aromatic N) is 4. The molecule has 1 amide bonds. The van der Waals surface area contributed by atoms with E-state index in [4.69, 9.17) is 14.2 Å². The Morgan fingerprint density at radius 3 is 2.48 bits per heavy atom. The quantitative estimate of drug-likeness (QED) is 0.323. The van der Waals surface area contributed by atoms with Crippen LogP contribution in [0.1, 0.15) is 31.2 Å². The highest BCUT2D eigenvalue weighted by molar-refractivity contribution is 6.01. The minimum Gasteiger partial charge on any atom is -0.493 e. The molecule has 1 aromatic carbocycles. The van der Waals surface area contributed by atoms with Crippen LogP contribution in [0, 0.1) is 10.1 Å². The summed E-state index contributed by atoms with van der Waals surface area (Å²) in [5.74, 6) is -1.40. The van der Waals surface area contributed by atoms with Crippen molar-refractivity contribution in [3.05, 3.63) is 57.9 Å². The van der Waals surface area contributed by atoms with Gasteiger partial charge in [-0.05, 0) is 12.1 Å². The Hall–Kier alpha value is -4.02. The number of nitro groups is 1. The van der Waals surface area contributed by atoms with Crippen LogP contribution < -0.4 is 9.47 Å². The second-order valence-corrected chi connectivity index (χ2v) is 5.89. The lowest BCUT2D eigenvalue weighted by Gasteiger charge is -2.19. The van der Waals surface area contributed by atoms with E-state index in [1.807, 2.05) is 0 Å². The zero-order valence-electron chi connectivity index (χ0n) is 15.7. The molecule has 1 aliphatic heterocycles. The van der Waals surface area contributed by atoms with Crippen LogP contribution in [0.4, 0.5) is 5.69 Å². The third kappa shape index (κ3) is 3.98. The molecule has 0 spiro atoms. The molecule has 3 rings (SSSR count). The van der Waals surface area contributed by atoms with E-state index < -0.39 is 23.0 Å². The molecule has 2 heterocycles. The van der Waals surface area contributed by atoms with Gasteiger partial charge in [-0.2, -0.15) is 5.01 Å².